The maximum Gasteiger partial charge on any atom is 0.238 e. The smallest absolute Gasteiger partial charge is 0.238 e. The molecule has 1 aromatic carbocycles. The van der Waals surface area contributed by atoms with Crippen molar-refractivity contribution >= 4 is 17.7 Å². The van der Waals surface area contributed by atoms with Gasteiger partial charge >= 0.3 is 0 Å². The molecule has 0 bridgehead atoms. The van der Waals surface area contributed by atoms with Crippen LogP contribution in [0.5, 0.6) is 11.5 Å². The van der Waals surface area contributed by atoms with Gasteiger partial charge in [0.15, 0.2) is 0 Å². The molecule has 2 N–H and O–H groups in total. The molecular formula is C17H25N3O3S. The first kappa shape index (κ1) is 17.4. The number of nitrogens with one attached hydrogen (secondary N) is 2. The van der Waals surface area contributed by atoms with E-state index in [1.54, 1.807) is 26.0 Å². The van der Waals surface area contributed by atoms with Gasteiger partial charge in [-0.05, 0) is 24.1 Å². The highest BCUT2D eigenvalue weighted by Gasteiger charge is 2.28. The van der Waals surface area contributed by atoms with Crippen molar-refractivity contribution < 1.29 is 14.3 Å². The summed E-state index contributed by atoms with van der Waals surface area (Å²) in [6, 6.07) is 6.15. The molecule has 0 radical (unpaired) electrons. The van der Waals surface area contributed by atoms with Crippen molar-refractivity contribution in [1.29, 1.82) is 0 Å². The Balaban J connectivity index is 1.53. The van der Waals surface area contributed by atoms with Crippen molar-refractivity contribution in [2.24, 2.45) is 0 Å². The highest BCUT2D eigenvalue weighted by molar-refractivity contribution is 7.99. The summed E-state index contributed by atoms with van der Waals surface area (Å²) in [5, 5.41) is 6.39. The molecule has 2 aliphatic rings. The van der Waals surface area contributed by atoms with E-state index < -0.39 is 0 Å². The van der Waals surface area contributed by atoms with Crippen LogP contribution in [-0.2, 0) is 11.3 Å². The highest BCUT2D eigenvalue weighted by Crippen LogP contribution is 2.24. The van der Waals surface area contributed by atoms with E-state index in [0.29, 0.717) is 0 Å². The van der Waals surface area contributed by atoms with Gasteiger partial charge in [-0.2, -0.15) is 0 Å². The summed E-state index contributed by atoms with van der Waals surface area (Å²) in [7, 11) is 3.32. The minimum absolute atomic E-state index is 0.0355. The number of hydrogen-bond donors (Lipinski definition) is 2. The van der Waals surface area contributed by atoms with Crippen molar-refractivity contribution in [1.82, 2.24) is 15.5 Å². The first-order valence-electron chi connectivity index (χ1n) is 8.23. The van der Waals surface area contributed by atoms with Gasteiger partial charge in [0, 0.05) is 43.4 Å². The second-order valence-corrected chi connectivity index (χ2v) is 7.25. The lowest BCUT2D eigenvalue weighted by Crippen LogP contribution is -2.47. The largest absolute Gasteiger partial charge is 0.497 e. The molecule has 0 spiro atoms. The third-order valence-corrected chi connectivity index (χ3v) is 5.41. The normalized spacial score (nSPS) is 24.1. The number of carbonyl (C=O) groups is 1. The molecule has 1 amide bonds. The Kier molecular flexibility index (Phi) is 5.86. The summed E-state index contributed by atoms with van der Waals surface area (Å²) in [5.41, 5.74) is 1.16. The van der Waals surface area contributed by atoms with E-state index in [4.69, 9.17) is 9.47 Å². The Morgan fingerprint density at radius 1 is 1.33 bits per heavy atom. The molecule has 7 heteroatoms. The van der Waals surface area contributed by atoms with Gasteiger partial charge < -0.3 is 14.8 Å². The summed E-state index contributed by atoms with van der Waals surface area (Å²) < 4.78 is 10.7. The zero-order chi connectivity index (χ0) is 16.9. The fourth-order valence-corrected chi connectivity index (χ4v) is 4.12. The van der Waals surface area contributed by atoms with Crippen LogP contribution in [0, 0.1) is 0 Å². The number of thioether (sulfide) groups is 1. The summed E-state index contributed by atoms with van der Waals surface area (Å²) in [5.74, 6) is 3.48. The molecule has 24 heavy (non-hydrogen) atoms. The molecule has 0 aliphatic carbocycles. The maximum atomic E-state index is 12.2. The van der Waals surface area contributed by atoms with Gasteiger partial charge in [-0.3, -0.25) is 15.0 Å². The second-order valence-electron chi connectivity index (χ2n) is 6.22. The van der Waals surface area contributed by atoms with E-state index in [2.05, 4.69) is 15.5 Å². The van der Waals surface area contributed by atoms with Gasteiger partial charge in [0.2, 0.25) is 5.91 Å². The van der Waals surface area contributed by atoms with E-state index in [-0.39, 0.29) is 18.0 Å². The Labute approximate surface area is 147 Å². The minimum Gasteiger partial charge on any atom is -0.497 e. The quantitative estimate of drug-likeness (QED) is 0.799. The van der Waals surface area contributed by atoms with Crippen molar-refractivity contribution in [2.75, 3.05) is 38.9 Å². The van der Waals surface area contributed by atoms with Gasteiger partial charge in [0.05, 0.1) is 20.3 Å². The molecule has 132 valence electrons. The fraction of sp³-hybridized carbons (Fsp3) is 0.588. The number of methoxy groups -OCH3 is 2. The van der Waals surface area contributed by atoms with E-state index in [1.165, 1.54) is 0 Å². The van der Waals surface area contributed by atoms with E-state index in [0.717, 1.165) is 54.7 Å². The molecule has 2 atom stereocenters. The number of carbonyl (C=O) groups excluding carboxylic acids is 1. The van der Waals surface area contributed by atoms with Crippen molar-refractivity contribution in [3.63, 3.8) is 0 Å². The molecule has 2 unspecified atom stereocenters. The number of likely N-dealkylation sites (tertiary alicyclic amines) is 1. The fourth-order valence-electron chi connectivity index (χ4n) is 3.18. The zero-order valence-corrected chi connectivity index (χ0v) is 15.0. The second kappa shape index (κ2) is 8.09. The number of hydrogen-bond acceptors (Lipinski definition) is 6. The molecule has 1 aromatic rings. The van der Waals surface area contributed by atoms with E-state index in [1.807, 2.05) is 18.2 Å². The lowest BCUT2D eigenvalue weighted by molar-refractivity contribution is -0.123. The van der Waals surface area contributed by atoms with Gasteiger partial charge in [0.25, 0.3) is 0 Å². The number of nitrogens with zero attached hydrogens (tertiary/aromatic N) is 1. The molecule has 2 saturated heterocycles. The standard InChI is InChI=1S/C17H25N3O3S/c1-22-14-5-12(6-15(7-14)23-2)8-20-4-3-13(9-20)19-17(21)16-10-24-11-18-16/h5-7,13,16,18H,3-4,8-11H2,1-2H3,(H,19,21). The van der Waals surface area contributed by atoms with Crippen LogP contribution in [-0.4, -0.2) is 61.8 Å². The van der Waals surface area contributed by atoms with Crippen LogP contribution in [0.15, 0.2) is 18.2 Å². The van der Waals surface area contributed by atoms with Crippen LogP contribution in [0.2, 0.25) is 0 Å². The predicted molar refractivity (Wildman–Crippen MR) is 95.6 cm³/mol. The van der Waals surface area contributed by atoms with Crippen LogP contribution in [0.1, 0.15) is 12.0 Å². The molecular weight excluding hydrogens is 326 g/mol. The van der Waals surface area contributed by atoms with Gasteiger partial charge in [-0.25, -0.2) is 0 Å². The molecule has 6 nitrogen and oxygen atoms in total. The summed E-state index contributed by atoms with van der Waals surface area (Å²) in [6.45, 7) is 2.69. The number of rotatable bonds is 6. The zero-order valence-electron chi connectivity index (χ0n) is 14.2. The Bertz CT molecular complexity index is 556. The first-order valence-corrected chi connectivity index (χ1v) is 9.39. The van der Waals surface area contributed by atoms with Crippen LogP contribution in [0.4, 0.5) is 0 Å². The minimum atomic E-state index is -0.0355. The Morgan fingerprint density at radius 2 is 2.08 bits per heavy atom. The average Bonchev–Trinajstić information content (AvgIpc) is 3.26. The molecule has 3 rings (SSSR count). The van der Waals surface area contributed by atoms with Gasteiger partial charge in [-0.1, -0.05) is 0 Å². The summed E-state index contributed by atoms with van der Waals surface area (Å²) in [6.07, 6.45) is 0.993. The lowest BCUT2D eigenvalue weighted by Gasteiger charge is -2.19. The van der Waals surface area contributed by atoms with Crippen LogP contribution >= 0.6 is 11.8 Å². The number of amides is 1. The molecule has 0 aromatic heterocycles. The van der Waals surface area contributed by atoms with E-state index in [9.17, 15) is 4.79 Å². The third-order valence-electron chi connectivity index (χ3n) is 4.47. The molecule has 2 aliphatic heterocycles. The Hall–Kier alpha value is -1.44. The third kappa shape index (κ3) is 4.34. The van der Waals surface area contributed by atoms with Crippen LogP contribution < -0.4 is 20.1 Å². The topological polar surface area (TPSA) is 62.8 Å². The number of benzene rings is 1. The van der Waals surface area contributed by atoms with Crippen molar-refractivity contribution in [3.8, 4) is 11.5 Å². The van der Waals surface area contributed by atoms with Gasteiger partial charge in [0.1, 0.15) is 11.5 Å². The maximum absolute atomic E-state index is 12.2. The average molecular weight is 351 g/mol. The molecule has 2 heterocycles. The van der Waals surface area contributed by atoms with Gasteiger partial charge in [-0.15, -0.1) is 11.8 Å². The van der Waals surface area contributed by atoms with E-state index >= 15 is 0 Å². The van der Waals surface area contributed by atoms with Crippen LogP contribution in [0.3, 0.4) is 0 Å². The molecule has 2 fully saturated rings. The predicted octanol–water partition coefficient (Wildman–Crippen LogP) is 1.06. The first-order chi connectivity index (χ1) is 11.7. The van der Waals surface area contributed by atoms with Crippen molar-refractivity contribution in [2.45, 2.75) is 25.0 Å². The highest BCUT2D eigenvalue weighted by atomic mass is 32.2. The number of ether oxygens (including phenoxy) is 2. The SMILES string of the molecule is COc1cc(CN2CCC(NC(=O)C3CSCN3)C2)cc(OC)c1. The van der Waals surface area contributed by atoms with Crippen LogP contribution in [0.25, 0.3) is 0 Å². The van der Waals surface area contributed by atoms with Crippen molar-refractivity contribution in [3.05, 3.63) is 23.8 Å². The summed E-state index contributed by atoms with van der Waals surface area (Å²) >= 11 is 1.77. The monoisotopic (exact) mass is 351 g/mol. The molecule has 0 saturated carbocycles. The Morgan fingerprint density at radius 3 is 2.71 bits per heavy atom. The lowest BCUT2D eigenvalue weighted by atomic mass is 10.2. The summed E-state index contributed by atoms with van der Waals surface area (Å²) in [4.78, 5) is 14.6.